The Morgan fingerprint density at radius 3 is 2.54 bits per heavy atom. The number of rotatable bonds is 3. The lowest BCUT2D eigenvalue weighted by molar-refractivity contribution is 0.0533. The molecule has 1 fully saturated rings. The fraction of sp³-hybridized carbons (Fsp3) is 0.562. The smallest absolute Gasteiger partial charge is 0.253 e. The quantitative estimate of drug-likeness (QED) is 0.844. The van der Waals surface area contributed by atoms with Crippen molar-refractivity contribution in [2.24, 2.45) is 11.1 Å². The molecule has 0 aromatic heterocycles. The van der Waals surface area contributed by atoms with E-state index in [0.717, 1.165) is 18.2 Å². The second kappa shape index (κ2) is 7.29. The number of anilines is 1. The minimum atomic E-state index is -3.38. The number of aryl methyl sites for hydroxylation is 1. The van der Waals surface area contributed by atoms with Gasteiger partial charge in [0, 0.05) is 24.7 Å². The van der Waals surface area contributed by atoms with Crippen molar-refractivity contribution in [1.82, 2.24) is 4.90 Å². The van der Waals surface area contributed by atoms with Crippen LogP contribution in [0.2, 0.25) is 0 Å². The molecule has 0 radical (unpaired) electrons. The number of likely N-dealkylation sites (tertiary alicyclic amines) is 1. The van der Waals surface area contributed by atoms with Gasteiger partial charge in [0.05, 0.1) is 11.9 Å². The Kier molecular flexibility index (Phi) is 6.30. The van der Waals surface area contributed by atoms with Crippen LogP contribution in [0.25, 0.3) is 0 Å². The molecule has 3 N–H and O–H groups in total. The van der Waals surface area contributed by atoms with E-state index in [9.17, 15) is 13.2 Å². The van der Waals surface area contributed by atoms with Gasteiger partial charge >= 0.3 is 0 Å². The van der Waals surface area contributed by atoms with Crippen LogP contribution in [0.4, 0.5) is 5.69 Å². The first-order valence-corrected chi connectivity index (χ1v) is 9.52. The third kappa shape index (κ3) is 4.84. The van der Waals surface area contributed by atoms with Gasteiger partial charge in [0.15, 0.2) is 0 Å². The van der Waals surface area contributed by atoms with Crippen molar-refractivity contribution in [2.75, 3.05) is 24.1 Å². The van der Waals surface area contributed by atoms with Crippen molar-refractivity contribution in [3.8, 4) is 0 Å². The molecule has 1 aromatic rings. The molecule has 1 saturated heterocycles. The van der Waals surface area contributed by atoms with Gasteiger partial charge in [0.25, 0.3) is 5.91 Å². The number of nitrogens with zero attached hydrogens (tertiary/aromatic N) is 1. The predicted molar refractivity (Wildman–Crippen MR) is 99.2 cm³/mol. The van der Waals surface area contributed by atoms with Gasteiger partial charge in [0.1, 0.15) is 0 Å². The fourth-order valence-electron chi connectivity index (χ4n) is 2.79. The molecule has 1 atom stereocenters. The van der Waals surface area contributed by atoms with Crippen LogP contribution in [0.5, 0.6) is 0 Å². The number of amides is 1. The molecule has 1 heterocycles. The van der Waals surface area contributed by atoms with Gasteiger partial charge in [-0.2, -0.15) is 0 Å². The Bertz CT molecular complexity index is 719. The average Bonchev–Trinajstić information content (AvgIpc) is 2.42. The van der Waals surface area contributed by atoms with E-state index in [0.29, 0.717) is 24.3 Å². The van der Waals surface area contributed by atoms with Gasteiger partial charge in [0.2, 0.25) is 10.0 Å². The molecule has 8 heteroatoms. The van der Waals surface area contributed by atoms with Crippen molar-refractivity contribution in [1.29, 1.82) is 0 Å². The summed E-state index contributed by atoms with van der Waals surface area (Å²) in [6, 6.07) is 5.15. The van der Waals surface area contributed by atoms with E-state index in [1.54, 1.807) is 30.0 Å². The number of carbonyl (C=O) groups excluding carboxylic acids is 1. The minimum Gasteiger partial charge on any atom is -0.338 e. The van der Waals surface area contributed by atoms with Crippen molar-refractivity contribution in [3.05, 3.63) is 29.3 Å². The van der Waals surface area contributed by atoms with Crippen molar-refractivity contribution >= 4 is 34.0 Å². The Labute approximate surface area is 150 Å². The number of hydrogen-bond acceptors (Lipinski definition) is 4. The SMILES string of the molecule is Cc1ccc(C(=O)N2CCC(N)C(C)(C)C2)cc1NS(C)(=O)=O.Cl. The lowest BCUT2D eigenvalue weighted by Gasteiger charge is -2.42. The number of nitrogens with two attached hydrogens (primary N) is 1. The van der Waals surface area contributed by atoms with E-state index in [1.807, 2.05) is 0 Å². The summed E-state index contributed by atoms with van der Waals surface area (Å²) in [5, 5.41) is 0. The normalized spacial score (nSPS) is 20.2. The number of halogens is 1. The third-order valence-electron chi connectivity index (χ3n) is 4.38. The Morgan fingerprint density at radius 1 is 1.38 bits per heavy atom. The van der Waals surface area contributed by atoms with Crippen LogP contribution in [0.1, 0.15) is 36.2 Å². The molecule has 2 rings (SSSR count). The van der Waals surface area contributed by atoms with Crippen LogP contribution >= 0.6 is 12.4 Å². The maximum absolute atomic E-state index is 12.7. The maximum atomic E-state index is 12.7. The molecule has 1 aliphatic heterocycles. The van der Waals surface area contributed by atoms with Crippen LogP contribution < -0.4 is 10.5 Å². The monoisotopic (exact) mass is 375 g/mol. The summed E-state index contributed by atoms with van der Waals surface area (Å²) in [5.41, 5.74) is 7.67. The van der Waals surface area contributed by atoms with Gasteiger partial charge in [-0.25, -0.2) is 8.42 Å². The Balaban J connectivity index is 0.00000288. The van der Waals surface area contributed by atoms with E-state index in [4.69, 9.17) is 5.73 Å². The van der Waals surface area contributed by atoms with Gasteiger partial charge in [-0.1, -0.05) is 19.9 Å². The molecule has 1 unspecified atom stereocenters. The fourth-order valence-corrected chi connectivity index (χ4v) is 3.41. The lowest BCUT2D eigenvalue weighted by Crippen LogP contribution is -2.54. The molecule has 6 nitrogen and oxygen atoms in total. The zero-order valence-electron chi connectivity index (χ0n) is 14.5. The molecule has 0 aliphatic carbocycles. The molecule has 1 amide bonds. The summed E-state index contributed by atoms with van der Waals surface area (Å²) in [6.07, 6.45) is 1.86. The van der Waals surface area contributed by atoms with Gasteiger partial charge in [-0.05, 0) is 36.5 Å². The standard InChI is InChI=1S/C16H25N3O3S.ClH/c1-11-5-6-12(9-13(11)18-23(4,21)22)15(20)19-8-7-14(17)16(2,3)10-19;/h5-6,9,14,18H,7-8,10,17H2,1-4H3;1H. The second-order valence-corrected chi connectivity index (χ2v) is 8.76. The van der Waals surface area contributed by atoms with E-state index in [-0.39, 0.29) is 29.8 Å². The maximum Gasteiger partial charge on any atom is 0.253 e. The number of sulfonamides is 1. The highest BCUT2D eigenvalue weighted by atomic mass is 35.5. The zero-order valence-corrected chi connectivity index (χ0v) is 16.1. The summed E-state index contributed by atoms with van der Waals surface area (Å²) in [4.78, 5) is 14.5. The largest absolute Gasteiger partial charge is 0.338 e. The summed E-state index contributed by atoms with van der Waals surface area (Å²) in [6.45, 7) is 7.12. The highest BCUT2D eigenvalue weighted by molar-refractivity contribution is 7.92. The van der Waals surface area contributed by atoms with Gasteiger partial charge in [-0.15, -0.1) is 12.4 Å². The van der Waals surface area contributed by atoms with Crippen molar-refractivity contribution < 1.29 is 13.2 Å². The second-order valence-electron chi connectivity index (χ2n) is 7.01. The lowest BCUT2D eigenvalue weighted by atomic mass is 9.79. The minimum absolute atomic E-state index is 0. The molecule has 0 saturated carbocycles. The zero-order chi connectivity index (χ0) is 17.4. The van der Waals surface area contributed by atoms with E-state index < -0.39 is 10.0 Å². The van der Waals surface area contributed by atoms with E-state index in [2.05, 4.69) is 18.6 Å². The third-order valence-corrected chi connectivity index (χ3v) is 4.97. The topological polar surface area (TPSA) is 92.5 Å². The van der Waals surface area contributed by atoms with E-state index >= 15 is 0 Å². The predicted octanol–water partition coefficient (Wildman–Crippen LogP) is 1.99. The first-order valence-electron chi connectivity index (χ1n) is 7.63. The van der Waals surface area contributed by atoms with Crippen LogP contribution in [0.15, 0.2) is 18.2 Å². The molecular formula is C16H26ClN3O3S. The summed E-state index contributed by atoms with van der Waals surface area (Å²) in [5.74, 6) is -0.0958. The van der Waals surface area contributed by atoms with E-state index in [1.165, 1.54) is 0 Å². The van der Waals surface area contributed by atoms with Crippen LogP contribution in [-0.4, -0.2) is 44.6 Å². The van der Waals surface area contributed by atoms with Gasteiger partial charge in [-0.3, -0.25) is 9.52 Å². The number of nitrogens with one attached hydrogen (secondary N) is 1. The number of carbonyl (C=O) groups is 1. The summed E-state index contributed by atoms with van der Waals surface area (Å²) < 4.78 is 25.3. The number of piperidine rings is 1. The molecule has 0 spiro atoms. The molecule has 136 valence electrons. The first-order chi connectivity index (χ1) is 10.5. The van der Waals surface area contributed by atoms with Gasteiger partial charge < -0.3 is 10.6 Å². The van der Waals surface area contributed by atoms with Crippen molar-refractivity contribution in [3.63, 3.8) is 0 Å². The van der Waals surface area contributed by atoms with Crippen LogP contribution in [0, 0.1) is 12.3 Å². The number of hydrogen-bond donors (Lipinski definition) is 2. The highest BCUT2D eigenvalue weighted by Crippen LogP contribution is 2.29. The summed E-state index contributed by atoms with van der Waals surface area (Å²) in [7, 11) is -3.38. The molecule has 24 heavy (non-hydrogen) atoms. The summed E-state index contributed by atoms with van der Waals surface area (Å²) >= 11 is 0. The van der Waals surface area contributed by atoms with Crippen LogP contribution in [0.3, 0.4) is 0 Å². The van der Waals surface area contributed by atoms with Crippen molar-refractivity contribution in [2.45, 2.75) is 33.2 Å². The molecule has 1 aromatic carbocycles. The molecule has 1 aliphatic rings. The molecular weight excluding hydrogens is 350 g/mol. The van der Waals surface area contributed by atoms with Crippen LogP contribution in [-0.2, 0) is 10.0 Å². The Hall–Kier alpha value is -1.31. The first kappa shape index (κ1) is 20.7. The molecule has 0 bridgehead atoms. The highest BCUT2D eigenvalue weighted by Gasteiger charge is 2.35. The Morgan fingerprint density at radius 2 is 2.00 bits per heavy atom. The average molecular weight is 376 g/mol. The number of benzene rings is 1.